The van der Waals surface area contributed by atoms with Crippen molar-refractivity contribution in [2.24, 2.45) is 5.73 Å². The highest BCUT2D eigenvalue weighted by atomic mass is 35.5. The molecule has 8 heteroatoms. The molecule has 6 nitrogen and oxygen atoms in total. The van der Waals surface area contributed by atoms with Crippen molar-refractivity contribution in [3.63, 3.8) is 0 Å². The summed E-state index contributed by atoms with van der Waals surface area (Å²) in [7, 11) is 0. The Morgan fingerprint density at radius 1 is 1.37 bits per heavy atom. The van der Waals surface area contributed by atoms with Crippen LogP contribution < -0.4 is 5.73 Å². The summed E-state index contributed by atoms with van der Waals surface area (Å²) < 4.78 is 1.43. The number of aromatic nitrogens is 3. The molecule has 0 saturated carbocycles. The van der Waals surface area contributed by atoms with Crippen LogP contribution in [0.5, 0.6) is 0 Å². The van der Waals surface area contributed by atoms with Gasteiger partial charge < -0.3 is 10.8 Å². The van der Waals surface area contributed by atoms with Gasteiger partial charge in [-0.15, -0.1) is 5.10 Å². The molecule has 0 bridgehead atoms. The molecule has 0 spiro atoms. The van der Waals surface area contributed by atoms with Crippen LogP contribution in [-0.2, 0) is 13.1 Å². The molecule has 0 atom stereocenters. The van der Waals surface area contributed by atoms with Gasteiger partial charge >= 0.3 is 5.97 Å². The third-order valence-corrected chi connectivity index (χ3v) is 3.29. The molecule has 1 aromatic heterocycles. The summed E-state index contributed by atoms with van der Waals surface area (Å²) in [6, 6.07) is 5.12. The van der Waals surface area contributed by atoms with Crippen molar-refractivity contribution < 1.29 is 9.90 Å². The van der Waals surface area contributed by atoms with E-state index in [0.717, 1.165) is 5.56 Å². The fourth-order valence-corrected chi connectivity index (χ4v) is 1.96. The van der Waals surface area contributed by atoms with Crippen LogP contribution in [0.1, 0.15) is 21.7 Å². The van der Waals surface area contributed by atoms with Gasteiger partial charge in [0.15, 0.2) is 5.69 Å². The molecule has 19 heavy (non-hydrogen) atoms. The maximum absolute atomic E-state index is 10.9. The Kier molecular flexibility index (Phi) is 4.04. The highest BCUT2D eigenvalue weighted by molar-refractivity contribution is 6.42. The minimum absolute atomic E-state index is 0.0377. The molecule has 0 aliphatic rings. The molecule has 100 valence electrons. The Labute approximate surface area is 118 Å². The average Bonchev–Trinajstić information content (AvgIpc) is 2.76. The zero-order valence-electron chi connectivity index (χ0n) is 9.68. The first-order valence-corrected chi connectivity index (χ1v) is 6.08. The summed E-state index contributed by atoms with van der Waals surface area (Å²) >= 11 is 11.7. The number of carbonyl (C=O) groups is 1. The Balaban J connectivity index is 2.33. The summed E-state index contributed by atoms with van der Waals surface area (Å²) in [6.07, 6.45) is 0. The van der Waals surface area contributed by atoms with E-state index in [-0.39, 0.29) is 12.2 Å². The van der Waals surface area contributed by atoms with Crippen molar-refractivity contribution in [3.8, 4) is 0 Å². The van der Waals surface area contributed by atoms with Gasteiger partial charge in [-0.2, -0.15) is 0 Å². The lowest BCUT2D eigenvalue weighted by molar-refractivity contribution is 0.0689. The normalized spacial score (nSPS) is 10.7. The number of carboxylic acid groups (broad SMARTS) is 1. The van der Waals surface area contributed by atoms with Gasteiger partial charge in [-0.25, -0.2) is 9.48 Å². The number of nitrogens with zero attached hydrogens (tertiary/aromatic N) is 3. The molecule has 2 aromatic rings. The van der Waals surface area contributed by atoms with E-state index in [1.54, 1.807) is 18.2 Å². The Bertz CT molecular complexity index is 627. The molecule has 2 rings (SSSR count). The molecule has 0 radical (unpaired) electrons. The van der Waals surface area contributed by atoms with Gasteiger partial charge in [0.25, 0.3) is 0 Å². The second-order valence-electron chi connectivity index (χ2n) is 3.80. The summed E-state index contributed by atoms with van der Waals surface area (Å²) in [5.74, 6) is -1.15. The Morgan fingerprint density at radius 2 is 2.11 bits per heavy atom. The number of hydrogen-bond acceptors (Lipinski definition) is 4. The molecule has 1 heterocycles. The molecule has 0 unspecified atom stereocenters. The minimum Gasteiger partial charge on any atom is -0.476 e. The summed E-state index contributed by atoms with van der Waals surface area (Å²) in [4.78, 5) is 10.9. The SMILES string of the molecule is NCc1c(C(=O)O)nnn1Cc1ccc(Cl)c(Cl)c1. The van der Waals surface area contributed by atoms with Crippen LogP contribution in [-0.4, -0.2) is 26.1 Å². The van der Waals surface area contributed by atoms with Crippen LogP contribution in [0.25, 0.3) is 0 Å². The van der Waals surface area contributed by atoms with Gasteiger partial charge in [-0.1, -0.05) is 34.5 Å². The average molecular weight is 301 g/mol. The van der Waals surface area contributed by atoms with Gasteiger partial charge in [-0.3, -0.25) is 0 Å². The van der Waals surface area contributed by atoms with Crippen LogP contribution in [0.2, 0.25) is 10.0 Å². The fourth-order valence-electron chi connectivity index (χ4n) is 1.64. The molecular formula is C11H10Cl2N4O2. The van der Waals surface area contributed by atoms with E-state index in [9.17, 15) is 4.79 Å². The molecule has 3 N–H and O–H groups in total. The van der Waals surface area contributed by atoms with Crippen molar-refractivity contribution in [1.29, 1.82) is 0 Å². The number of carboxylic acids is 1. The number of aromatic carboxylic acids is 1. The lowest BCUT2D eigenvalue weighted by atomic mass is 10.2. The quantitative estimate of drug-likeness (QED) is 0.898. The molecule has 1 aromatic carbocycles. The maximum atomic E-state index is 10.9. The van der Waals surface area contributed by atoms with E-state index in [0.29, 0.717) is 22.3 Å². The molecule has 0 aliphatic heterocycles. The third kappa shape index (κ3) is 2.86. The highest BCUT2D eigenvalue weighted by Gasteiger charge is 2.17. The van der Waals surface area contributed by atoms with Gasteiger partial charge in [0.1, 0.15) is 0 Å². The second kappa shape index (κ2) is 5.56. The smallest absolute Gasteiger partial charge is 0.358 e. The van der Waals surface area contributed by atoms with E-state index < -0.39 is 5.97 Å². The van der Waals surface area contributed by atoms with Crippen molar-refractivity contribution in [2.75, 3.05) is 0 Å². The molecule has 0 saturated heterocycles. The first kappa shape index (κ1) is 13.8. The Hall–Kier alpha value is -1.63. The largest absolute Gasteiger partial charge is 0.476 e. The molecule has 0 amide bonds. The van der Waals surface area contributed by atoms with Gasteiger partial charge in [0.05, 0.1) is 22.3 Å². The first-order chi connectivity index (χ1) is 9.02. The topological polar surface area (TPSA) is 94.0 Å². The van der Waals surface area contributed by atoms with Crippen molar-refractivity contribution in [3.05, 3.63) is 45.2 Å². The van der Waals surface area contributed by atoms with Crippen LogP contribution in [0.4, 0.5) is 0 Å². The zero-order valence-corrected chi connectivity index (χ0v) is 11.2. The van der Waals surface area contributed by atoms with Crippen LogP contribution in [0.3, 0.4) is 0 Å². The van der Waals surface area contributed by atoms with E-state index >= 15 is 0 Å². The van der Waals surface area contributed by atoms with E-state index in [4.69, 9.17) is 34.0 Å². The monoisotopic (exact) mass is 300 g/mol. The molecule has 0 fully saturated rings. The predicted octanol–water partition coefficient (Wildman–Crippen LogP) is 1.79. The first-order valence-electron chi connectivity index (χ1n) is 5.32. The summed E-state index contributed by atoms with van der Waals surface area (Å²) in [5, 5.41) is 17.2. The zero-order chi connectivity index (χ0) is 14.0. The number of nitrogens with two attached hydrogens (primary N) is 1. The lowest BCUT2D eigenvalue weighted by Gasteiger charge is -2.06. The molecular weight excluding hydrogens is 291 g/mol. The predicted molar refractivity (Wildman–Crippen MR) is 70.4 cm³/mol. The maximum Gasteiger partial charge on any atom is 0.358 e. The third-order valence-electron chi connectivity index (χ3n) is 2.55. The van der Waals surface area contributed by atoms with Crippen molar-refractivity contribution in [2.45, 2.75) is 13.1 Å². The van der Waals surface area contributed by atoms with Crippen molar-refractivity contribution in [1.82, 2.24) is 15.0 Å². The standard InChI is InChI=1S/C11H10Cl2N4O2/c12-7-2-1-6(3-8(7)13)5-17-9(4-14)10(11(18)19)15-16-17/h1-3H,4-5,14H2,(H,18,19). The van der Waals surface area contributed by atoms with Crippen LogP contribution in [0.15, 0.2) is 18.2 Å². The second-order valence-corrected chi connectivity index (χ2v) is 4.61. The summed E-state index contributed by atoms with van der Waals surface area (Å²) in [5.41, 5.74) is 6.58. The van der Waals surface area contributed by atoms with E-state index in [2.05, 4.69) is 10.3 Å². The lowest BCUT2D eigenvalue weighted by Crippen LogP contribution is -2.13. The van der Waals surface area contributed by atoms with Gasteiger partial charge in [0, 0.05) is 6.54 Å². The Morgan fingerprint density at radius 3 is 2.68 bits per heavy atom. The van der Waals surface area contributed by atoms with E-state index in [1.165, 1.54) is 4.68 Å². The molecule has 0 aliphatic carbocycles. The van der Waals surface area contributed by atoms with Crippen LogP contribution >= 0.6 is 23.2 Å². The van der Waals surface area contributed by atoms with Crippen molar-refractivity contribution >= 4 is 29.2 Å². The van der Waals surface area contributed by atoms with Gasteiger partial charge in [0.2, 0.25) is 0 Å². The van der Waals surface area contributed by atoms with Crippen LogP contribution in [0, 0.1) is 0 Å². The van der Waals surface area contributed by atoms with E-state index in [1.807, 2.05) is 0 Å². The minimum atomic E-state index is -1.15. The highest BCUT2D eigenvalue weighted by Crippen LogP contribution is 2.23. The number of rotatable bonds is 4. The number of hydrogen-bond donors (Lipinski definition) is 2. The van der Waals surface area contributed by atoms with Gasteiger partial charge in [-0.05, 0) is 17.7 Å². The number of benzene rings is 1. The summed E-state index contributed by atoms with van der Waals surface area (Å²) in [6.45, 7) is 0.361. The fraction of sp³-hybridized carbons (Fsp3) is 0.182. The number of halogens is 2.